The first kappa shape index (κ1) is 13.8. The zero-order chi connectivity index (χ0) is 13.5. The Labute approximate surface area is 93.2 Å². The zero-order valence-corrected chi connectivity index (χ0v) is 8.65. The van der Waals surface area contributed by atoms with E-state index in [0.717, 1.165) is 12.1 Å². The molecule has 1 atom stereocenters. The van der Waals surface area contributed by atoms with Crippen LogP contribution in [0.4, 0.5) is 26.3 Å². The highest BCUT2D eigenvalue weighted by Crippen LogP contribution is 2.38. The molecule has 1 unspecified atom stereocenters. The average molecular weight is 257 g/mol. The van der Waals surface area contributed by atoms with Crippen LogP contribution in [0.25, 0.3) is 0 Å². The molecule has 0 heterocycles. The summed E-state index contributed by atoms with van der Waals surface area (Å²) in [6.07, 6.45) is -9.52. The fourth-order valence-electron chi connectivity index (χ4n) is 1.18. The summed E-state index contributed by atoms with van der Waals surface area (Å²) in [6.45, 7) is 0.627. The van der Waals surface area contributed by atoms with Gasteiger partial charge in [-0.05, 0) is 24.6 Å². The molecule has 0 aliphatic rings. The highest BCUT2D eigenvalue weighted by atomic mass is 19.4. The quantitative estimate of drug-likeness (QED) is 0.766. The molecular weight excluding hydrogens is 248 g/mol. The molecule has 0 fully saturated rings. The molecule has 0 amide bonds. The highest BCUT2D eigenvalue weighted by Gasteiger charge is 2.49. The summed E-state index contributed by atoms with van der Waals surface area (Å²) in [5.41, 5.74) is 0.442. The molecule has 0 saturated carbocycles. The Hall–Kier alpha value is -1.24. The lowest BCUT2D eigenvalue weighted by Crippen LogP contribution is -2.47. The summed E-state index contributed by atoms with van der Waals surface area (Å²) in [5, 5.41) is 0. The smallest absolute Gasteiger partial charge is 0.314 e. The van der Waals surface area contributed by atoms with E-state index in [1.54, 1.807) is 0 Å². The predicted octanol–water partition coefficient (Wildman–Crippen LogP) is 3.44. The van der Waals surface area contributed by atoms with E-state index in [0.29, 0.717) is 19.1 Å². The van der Waals surface area contributed by atoms with Crippen LogP contribution in [-0.2, 0) is 11.7 Å². The van der Waals surface area contributed by atoms with Crippen molar-refractivity contribution in [1.82, 2.24) is 0 Å². The van der Waals surface area contributed by atoms with E-state index >= 15 is 0 Å². The van der Waals surface area contributed by atoms with Crippen molar-refractivity contribution in [2.24, 2.45) is 5.73 Å². The van der Waals surface area contributed by atoms with Gasteiger partial charge in [0, 0.05) is 0 Å². The molecular formula is C10H9F6N. The molecule has 96 valence electrons. The van der Waals surface area contributed by atoms with Crippen molar-refractivity contribution >= 4 is 0 Å². The van der Waals surface area contributed by atoms with Gasteiger partial charge >= 0.3 is 12.4 Å². The number of benzene rings is 1. The normalized spacial score (nSPS) is 16.7. The number of hydrogen-bond donors (Lipinski definition) is 1. The lowest BCUT2D eigenvalue weighted by atomic mass is 9.91. The lowest BCUT2D eigenvalue weighted by Gasteiger charge is -2.28. The van der Waals surface area contributed by atoms with Gasteiger partial charge in [-0.1, -0.05) is 12.1 Å². The van der Waals surface area contributed by atoms with Crippen molar-refractivity contribution in [2.75, 3.05) is 0 Å². The number of halogens is 6. The van der Waals surface area contributed by atoms with E-state index in [4.69, 9.17) is 5.73 Å². The Kier molecular flexibility index (Phi) is 3.17. The van der Waals surface area contributed by atoms with Crippen molar-refractivity contribution in [2.45, 2.75) is 24.8 Å². The van der Waals surface area contributed by atoms with Crippen LogP contribution in [0.5, 0.6) is 0 Å². The van der Waals surface area contributed by atoms with E-state index < -0.39 is 29.0 Å². The second kappa shape index (κ2) is 3.90. The Morgan fingerprint density at radius 3 is 1.82 bits per heavy atom. The van der Waals surface area contributed by atoms with Crippen LogP contribution in [0.1, 0.15) is 18.1 Å². The summed E-state index contributed by atoms with van der Waals surface area (Å²) < 4.78 is 74.6. The molecule has 7 heteroatoms. The van der Waals surface area contributed by atoms with Crippen molar-refractivity contribution in [1.29, 1.82) is 0 Å². The number of nitrogens with two attached hydrogens (primary N) is 1. The Bertz CT molecular complexity index is 404. The third-order valence-corrected chi connectivity index (χ3v) is 2.38. The molecule has 0 aliphatic heterocycles. The summed E-state index contributed by atoms with van der Waals surface area (Å²) in [7, 11) is 0. The van der Waals surface area contributed by atoms with Gasteiger partial charge in [-0.15, -0.1) is 0 Å². The minimum absolute atomic E-state index is 0.410. The van der Waals surface area contributed by atoms with Gasteiger partial charge in [0.05, 0.1) is 5.56 Å². The molecule has 0 saturated heterocycles. The average Bonchev–Trinajstić information content (AvgIpc) is 2.15. The molecule has 0 aliphatic carbocycles. The van der Waals surface area contributed by atoms with Gasteiger partial charge in [0.25, 0.3) is 0 Å². The number of rotatable bonds is 1. The first-order chi connectivity index (χ1) is 7.46. The van der Waals surface area contributed by atoms with Gasteiger partial charge in [-0.3, -0.25) is 0 Å². The summed E-state index contributed by atoms with van der Waals surface area (Å²) in [4.78, 5) is 0. The SMILES string of the molecule is CC(N)(c1cccc(C(F)(F)F)c1)C(F)(F)F. The fraction of sp³-hybridized carbons (Fsp3) is 0.400. The van der Waals surface area contributed by atoms with Crippen molar-refractivity contribution < 1.29 is 26.3 Å². The topological polar surface area (TPSA) is 26.0 Å². The number of hydrogen-bond acceptors (Lipinski definition) is 1. The van der Waals surface area contributed by atoms with Gasteiger partial charge in [0.2, 0.25) is 0 Å². The van der Waals surface area contributed by atoms with Gasteiger partial charge in [0.1, 0.15) is 5.54 Å². The van der Waals surface area contributed by atoms with E-state index in [9.17, 15) is 26.3 Å². The van der Waals surface area contributed by atoms with Crippen LogP contribution in [-0.4, -0.2) is 6.18 Å². The zero-order valence-electron chi connectivity index (χ0n) is 8.65. The van der Waals surface area contributed by atoms with Gasteiger partial charge in [-0.2, -0.15) is 26.3 Å². The minimum Gasteiger partial charge on any atom is -0.314 e. The molecule has 2 N–H and O–H groups in total. The van der Waals surface area contributed by atoms with Crippen molar-refractivity contribution in [3.8, 4) is 0 Å². The maximum atomic E-state index is 12.5. The molecule has 1 rings (SSSR count). The second-order valence-corrected chi connectivity index (χ2v) is 3.78. The second-order valence-electron chi connectivity index (χ2n) is 3.78. The third-order valence-electron chi connectivity index (χ3n) is 2.38. The van der Waals surface area contributed by atoms with Gasteiger partial charge in [-0.25, -0.2) is 0 Å². The molecule has 0 aromatic heterocycles. The number of alkyl halides is 6. The van der Waals surface area contributed by atoms with Crippen LogP contribution in [0.15, 0.2) is 24.3 Å². The minimum atomic E-state index is -4.82. The van der Waals surface area contributed by atoms with E-state index in [-0.39, 0.29) is 0 Å². The highest BCUT2D eigenvalue weighted by molar-refractivity contribution is 5.31. The standard InChI is InChI=1S/C10H9F6N/c1-8(17,10(14,15)16)6-3-2-4-7(5-6)9(11,12)13/h2-5H,17H2,1H3. The van der Waals surface area contributed by atoms with Gasteiger partial charge in [0.15, 0.2) is 0 Å². The fourth-order valence-corrected chi connectivity index (χ4v) is 1.18. The Balaban J connectivity index is 3.26. The lowest BCUT2D eigenvalue weighted by molar-refractivity contribution is -0.184. The Morgan fingerprint density at radius 2 is 1.41 bits per heavy atom. The molecule has 1 nitrogen and oxygen atoms in total. The van der Waals surface area contributed by atoms with Crippen molar-refractivity contribution in [3.05, 3.63) is 35.4 Å². The molecule has 1 aromatic rings. The first-order valence-corrected chi connectivity index (χ1v) is 4.49. The first-order valence-electron chi connectivity index (χ1n) is 4.49. The monoisotopic (exact) mass is 257 g/mol. The molecule has 0 radical (unpaired) electrons. The van der Waals surface area contributed by atoms with Crippen LogP contribution in [0.3, 0.4) is 0 Å². The predicted molar refractivity (Wildman–Crippen MR) is 49.0 cm³/mol. The summed E-state index contributed by atoms with van der Waals surface area (Å²) in [5.74, 6) is 0. The van der Waals surface area contributed by atoms with Crippen molar-refractivity contribution in [3.63, 3.8) is 0 Å². The molecule has 0 spiro atoms. The maximum Gasteiger partial charge on any atom is 0.416 e. The third kappa shape index (κ3) is 2.71. The molecule has 0 bridgehead atoms. The van der Waals surface area contributed by atoms with Crippen LogP contribution >= 0.6 is 0 Å². The molecule has 1 aromatic carbocycles. The van der Waals surface area contributed by atoms with Crippen LogP contribution in [0, 0.1) is 0 Å². The van der Waals surface area contributed by atoms with E-state index in [2.05, 4.69) is 0 Å². The largest absolute Gasteiger partial charge is 0.416 e. The Morgan fingerprint density at radius 1 is 0.941 bits per heavy atom. The van der Waals surface area contributed by atoms with Crippen LogP contribution in [0.2, 0.25) is 0 Å². The van der Waals surface area contributed by atoms with E-state index in [1.807, 2.05) is 0 Å². The maximum absolute atomic E-state index is 12.5. The van der Waals surface area contributed by atoms with Gasteiger partial charge < -0.3 is 5.73 Å². The van der Waals surface area contributed by atoms with E-state index in [1.165, 1.54) is 0 Å². The molecule has 17 heavy (non-hydrogen) atoms. The van der Waals surface area contributed by atoms with Crippen LogP contribution < -0.4 is 5.73 Å². The summed E-state index contributed by atoms with van der Waals surface area (Å²) >= 11 is 0. The summed E-state index contributed by atoms with van der Waals surface area (Å²) in [6, 6.07) is 2.92.